The molecule has 0 atom stereocenters. The molecule has 0 aliphatic heterocycles. The number of hydrogen-bond acceptors (Lipinski definition) is 1. The van der Waals surface area contributed by atoms with E-state index in [1.54, 1.807) is 12.1 Å². The molecular weight excluding hydrogens is 293 g/mol. The van der Waals surface area contributed by atoms with Crippen molar-refractivity contribution < 1.29 is 4.79 Å². The van der Waals surface area contributed by atoms with E-state index in [1.165, 1.54) is 0 Å². The van der Waals surface area contributed by atoms with Gasteiger partial charge in [-0.1, -0.05) is 41.4 Å². The second-order valence-corrected chi connectivity index (χ2v) is 5.28. The number of rotatable bonds is 3. The second-order valence-electron chi connectivity index (χ2n) is 4.49. The summed E-state index contributed by atoms with van der Waals surface area (Å²) in [5, 5.41) is 3.97. The molecule has 2 rings (SSSR count). The van der Waals surface area contributed by atoms with Crippen LogP contribution in [0.4, 0.5) is 0 Å². The molecule has 0 radical (unpaired) electrons. The topological polar surface area (TPSA) is 29.1 Å². The molecule has 1 amide bonds. The lowest BCUT2D eigenvalue weighted by Gasteiger charge is -2.11. The van der Waals surface area contributed by atoms with Crippen molar-refractivity contribution in [3.63, 3.8) is 0 Å². The molecule has 0 aliphatic rings. The van der Waals surface area contributed by atoms with Gasteiger partial charge < -0.3 is 5.32 Å². The van der Waals surface area contributed by atoms with Crippen LogP contribution in [0, 0.1) is 6.92 Å². The van der Waals surface area contributed by atoms with E-state index in [9.17, 15) is 4.79 Å². The summed E-state index contributed by atoms with van der Waals surface area (Å²) < 4.78 is 0. The summed E-state index contributed by atoms with van der Waals surface area (Å²) in [5.74, 6) is -0.103. The van der Waals surface area contributed by atoms with Gasteiger partial charge >= 0.3 is 0 Å². The third-order valence-corrected chi connectivity index (χ3v) is 3.84. The monoisotopic (exact) mass is 307 g/mol. The van der Waals surface area contributed by atoms with Crippen LogP contribution >= 0.6 is 23.2 Å². The molecule has 2 nitrogen and oxygen atoms in total. The minimum atomic E-state index is -0.103. The van der Waals surface area contributed by atoms with Crippen LogP contribution in [0.3, 0.4) is 0 Å². The Bertz CT molecular complexity index is 653. The van der Waals surface area contributed by atoms with Crippen molar-refractivity contribution in [1.29, 1.82) is 0 Å². The van der Waals surface area contributed by atoms with Crippen LogP contribution in [0.25, 0.3) is 11.1 Å². The van der Waals surface area contributed by atoms with E-state index in [1.807, 2.05) is 38.1 Å². The number of carbonyl (C=O) groups is 1. The Labute approximate surface area is 128 Å². The fraction of sp³-hybridized carbons (Fsp3) is 0.188. The number of benzene rings is 2. The van der Waals surface area contributed by atoms with Gasteiger partial charge in [-0.3, -0.25) is 4.79 Å². The Morgan fingerprint density at radius 1 is 1.20 bits per heavy atom. The standard InChI is InChI=1S/C16H15Cl2NO/c1-3-19-16(20)12-6-4-5-11(9-12)14-13(17)8-7-10(2)15(14)18/h4-9H,3H2,1-2H3,(H,19,20). The smallest absolute Gasteiger partial charge is 0.251 e. The number of aryl methyl sites for hydroxylation is 1. The fourth-order valence-corrected chi connectivity index (χ4v) is 2.59. The average molecular weight is 308 g/mol. The van der Waals surface area contributed by atoms with Crippen LogP contribution < -0.4 is 5.32 Å². The summed E-state index contributed by atoms with van der Waals surface area (Å²) in [7, 11) is 0. The molecule has 0 saturated carbocycles. The van der Waals surface area contributed by atoms with Gasteiger partial charge in [0.2, 0.25) is 0 Å². The van der Waals surface area contributed by atoms with Crippen molar-refractivity contribution in [3.05, 3.63) is 57.6 Å². The summed E-state index contributed by atoms with van der Waals surface area (Å²) in [5.41, 5.74) is 3.15. The Kier molecular flexibility index (Phi) is 4.69. The third-order valence-electron chi connectivity index (χ3n) is 3.03. The molecule has 20 heavy (non-hydrogen) atoms. The summed E-state index contributed by atoms with van der Waals surface area (Å²) in [6.07, 6.45) is 0. The molecule has 0 spiro atoms. The molecule has 104 valence electrons. The number of carbonyl (C=O) groups excluding carboxylic acids is 1. The molecule has 0 bridgehead atoms. The summed E-state index contributed by atoms with van der Waals surface area (Å²) >= 11 is 12.6. The van der Waals surface area contributed by atoms with Gasteiger partial charge in [0.05, 0.1) is 5.02 Å². The van der Waals surface area contributed by atoms with Crippen LogP contribution in [0.5, 0.6) is 0 Å². The van der Waals surface area contributed by atoms with E-state index in [-0.39, 0.29) is 5.91 Å². The van der Waals surface area contributed by atoms with Crippen molar-refractivity contribution in [2.45, 2.75) is 13.8 Å². The highest BCUT2D eigenvalue weighted by Crippen LogP contribution is 2.36. The number of nitrogens with one attached hydrogen (secondary N) is 1. The van der Waals surface area contributed by atoms with Gasteiger partial charge in [-0.05, 0) is 43.2 Å². The SMILES string of the molecule is CCNC(=O)c1cccc(-c2c(Cl)ccc(C)c2Cl)c1. The zero-order valence-corrected chi connectivity index (χ0v) is 12.8. The van der Waals surface area contributed by atoms with Crippen molar-refractivity contribution in [3.8, 4) is 11.1 Å². The van der Waals surface area contributed by atoms with E-state index in [4.69, 9.17) is 23.2 Å². The molecule has 4 heteroatoms. The van der Waals surface area contributed by atoms with Crippen LogP contribution in [-0.2, 0) is 0 Å². The van der Waals surface area contributed by atoms with Gasteiger partial charge in [-0.25, -0.2) is 0 Å². The van der Waals surface area contributed by atoms with Crippen LogP contribution in [0.15, 0.2) is 36.4 Å². The van der Waals surface area contributed by atoms with Crippen LogP contribution in [-0.4, -0.2) is 12.5 Å². The first-order valence-corrected chi connectivity index (χ1v) is 7.13. The Morgan fingerprint density at radius 2 is 1.95 bits per heavy atom. The molecule has 0 unspecified atom stereocenters. The fourth-order valence-electron chi connectivity index (χ4n) is 2.00. The summed E-state index contributed by atoms with van der Waals surface area (Å²) in [6.45, 7) is 4.40. The predicted octanol–water partition coefficient (Wildman–Crippen LogP) is 4.72. The maximum Gasteiger partial charge on any atom is 0.251 e. The number of amides is 1. The van der Waals surface area contributed by atoms with Gasteiger partial charge in [0.15, 0.2) is 0 Å². The Morgan fingerprint density at radius 3 is 2.65 bits per heavy atom. The van der Waals surface area contributed by atoms with Gasteiger partial charge in [-0.15, -0.1) is 0 Å². The van der Waals surface area contributed by atoms with Gasteiger partial charge in [0.1, 0.15) is 0 Å². The maximum absolute atomic E-state index is 11.9. The average Bonchev–Trinajstić information content (AvgIpc) is 2.44. The minimum Gasteiger partial charge on any atom is -0.352 e. The molecule has 2 aromatic rings. The maximum atomic E-state index is 11.9. The van der Waals surface area contributed by atoms with Crippen molar-refractivity contribution in [2.24, 2.45) is 0 Å². The zero-order chi connectivity index (χ0) is 14.7. The molecule has 0 heterocycles. The van der Waals surface area contributed by atoms with Crippen molar-refractivity contribution >= 4 is 29.1 Å². The lowest BCUT2D eigenvalue weighted by atomic mass is 10.0. The zero-order valence-electron chi connectivity index (χ0n) is 11.3. The largest absolute Gasteiger partial charge is 0.352 e. The summed E-state index contributed by atoms with van der Waals surface area (Å²) in [4.78, 5) is 11.9. The van der Waals surface area contributed by atoms with Gasteiger partial charge in [0.25, 0.3) is 5.91 Å². The molecule has 0 fully saturated rings. The second kappa shape index (κ2) is 6.29. The van der Waals surface area contributed by atoms with Gasteiger partial charge in [0, 0.05) is 22.7 Å². The number of halogens is 2. The molecule has 2 aromatic carbocycles. The Balaban J connectivity index is 2.52. The highest BCUT2D eigenvalue weighted by molar-refractivity contribution is 6.39. The lowest BCUT2D eigenvalue weighted by Crippen LogP contribution is -2.22. The lowest BCUT2D eigenvalue weighted by molar-refractivity contribution is 0.0956. The minimum absolute atomic E-state index is 0.103. The quantitative estimate of drug-likeness (QED) is 0.873. The third kappa shape index (κ3) is 2.97. The molecular formula is C16H15Cl2NO. The molecule has 0 aliphatic carbocycles. The predicted molar refractivity (Wildman–Crippen MR) is 84.6 cm³/mol. The van der Waals surface area contributed by atoms with E-state index < -0.39 is 0 Å². The van der Waals surface area contributed by atoms with E-state index in [0.29, 0.717) is 22.2 Å². The van der Waals surface area contributed by atoms with E-state index in [0.717, 1.165) is 16.7 Å². The van der Waals surface area contributed by atoms with E-state index >= 15 is 0 Å². The first-order valence-electron chi connectivity index (χ1n) is 6.37. The molecule has 1 N–H and O–H groups in total. The first kappa shape index (κ1) is 14.9. The molecule has 0 saturated heterocycles. The van der Waals surface area contributed by atoms with Crippen molar-refractivity contribution in [2.75, 3.05) is 6.54 Å². The summed E-state index contributed by atoms with van der Waals surface area (Å²) in [6, 6.07) is 11.0. The Hall–Kier alpha value is -1.51. The first-order chi connectivity index (χ1) is 9.54. The molecule has 0 aromatic heterocycles. The van der Waals surface area contributed by atoms with Crippen LogP contribution in [0.1, 0.15) is 22.8 Å². The van der Waals surface area contributed by atoms with E-state index in [2.05, 4.69) is 5.32 Å². The van der Waals surface area contributed by atoms with Crippen LogP contribution in [0.2, 0.25) is 10.0 Å². The number of hydrogen-bond donors (Lipinski definition) is 1. The van der Waals surface area contributed by atoms with Gasteiger partial charge in [-0.2, -0.15) is 0 Å². The highest BCUT2D eigenvalue weighted by Gasteiger charge is 2.12. The normalized spacial score (nSPS) is 10.4. The van der Waals surface area contributed by atoms with Crippen molar-refractivity contribution in [1.82, 2.24) is 5.32 Å². The highest BCUT2D eigenvalue weighted by atomic mass is 35.5.